The van der Waals surface area contributed by atoms with Gasteiger partial charge >= 0.3 is 0 Å². The molecule has 3 aliphatic rings. The lowest BCUT2D eigenvalue weighted by Gasteiger charge is -2.33. The van der Waals surface area contributed by atoms with Gasteiger partial charge in [0.2, 0.25) is 0 Å². The van der Waals surface area contributed by atoms with E-state index in [1.54, 1.807) is 11.1 Å². The summed E-state index contributed by atoms with van der Waals surface area (Å²) in [6.45, 7) is 11.4. The van der Waals surface area contributed by atoms with Gasteiger partial charge in [0.1, 0.15) is 0 Å². The van der Waals surface area contributed by atoms with Crippen molar-refractivity contribution in [3.63, 3.8) is 0 Å². The molecule has 0 spiro atoms. The molecule has 0 fully saturated rings. The second kappa shape index (κ2) is 21.6. The molecule has 7 aromatic carbocycles. The maximum atomic E-state index is 2.65. The van der Waals surface area contributed by atoms with E-state index in [1.165, 1.54) is 184 Å². The Morgan fingerprint density at radius 1 is 0.456 bits per heavy atom. The molecule has 3 aliphatic carbocycles. The SMILES string of the molecule is CCCCCCCCC1(CCCCCCCC)c2cc(C)ccc2-c2ccc(-c3ccc4c5c6c(ccc35)C(C)=CCC6=CC4)cc21.Cc1ccc(-c2ccc(N(C)c3ccccc3)cc2)cc1. The minimum Gasteiger partial charge on any atom is -0.345 e. The fourth-order valence-corrected chi connectivity index (χ4v) is 11.8. The molecule has 1 heteroatoms. The van der Waals surface area contributed by atoms with Crippen LogP contribution >= 0.6 is 0 Å². The number of nitrogens with zero attached hydrogens (tertiary/aromatic N) is 1. The number of rotatable bonds is 18. The number of hydrogen-bond acceptors (Lipinski definition) is 1. The summed E-state index contributed by atoms with van der Waals surface area (Å²) < 4.78 is 0. The maximum absolute atomic E-state index is 2.65. The first-order valence-electron chi connectivity index (χ1n) is 26.5. The van der Waals surface area contributed by atoms with Crippen molar-refractivity contribution in [3.05, 3.63) is 191 Å². The number of para-hydroxylation sites is 1. The van der Waals surface area contributed by atoms with Gasteiger partial charge in [-0.2, -0.15) is 0 Å². The quantitative estimate of drug-likeness (QED) is 0.0776. The number of benzene rings is 7. The molecule has 0 saturated carbocycles. The Labute approximate surface area is 410 Å². The number of aryl methyl sites for hydroxylation is 2. The molecular formula is C67H75N. The Kier molecular flexibility index (Phi) is 15.0. The van der Waals surface area contributed by atoms with Gasteiger partial charge in [-0.15, -0.1) is 0 Å². The zero-order chi connectivity index (χ0) is 47.0. The van der Waals surface area contributed by atoms with Crippen LogP contribution in [0.5, 0.6) is 0 Å². The fraction of sp³-hybridized carbons (Fsp3) is 0.343. The van der Waals surface area contributed by atoms with Gasteiger partial charge in [0, 0.05) is 23.8 Å². The Balaban J connectivity index is 0.000000229. The van der Waals surface area contributed by atoms with Crippen LogP contribution in [0.15, 0.2) is 152 Å². The summed E-state index contributed by atoms with van der Waals surface area (Å²) in [5.41, 5.74) is 24.1. The van der Waals surface area contributed by atoms with Gasteiger partial charge in [-0.05, 0) is 160 Å². The fourth-order valence-electron chi connectivity index (χ4n) is 11.8. The first-order chi connectivity index (χ1) is 33.3. The van der Waals surface area contributed by atoms with E-state index in [2.05, 4.69) is 192 Å². The topological polar surface area (TPSA) is 3.24 Å². The Bertz CT molecular complexity index is 2870. The van der Waals surface area contributed by atoms with Gasteiger partial charge in [0.15, 0.2) is 0 Å². The van der Waals surface area contributed by atoms with Crippen molar-refractivity contribution in [1.82, 2.24) is 0 Å². The highest BCUT2D eigenvalue weighted by molar-refractivity contribution is 6.09. The molecule has 0 radical (unpaired) electrons. The van der Waals surface area contributed by atoms with E-state index in [-0.39, 0.29) is 5.41 Å². The minimum absolute atomic E-state index is 0.111. The molecule has 0 saturated heterocycles. The molecule has 0 aromatic heterocycles. The maximum Gasteiger partial charge on any atom is 0.0408 e. The lowest BCUT2D eigenvalue weighted by Crippen LogP contribution is -2.25. The smallest absolute Gasteiger partial charge is 0.0408 e. The Morgan fingerprint density at radius 2 is 1.00 bits per heavy atom. The summed E-state index contributed by atoms with van der Waals surface area (Å²) >= 11 is 0. The summed E-state index contributed by atoms with van der Waals surface area (Å²) in [4.78, 5) is 2.19. The first-order valence-corrected chi connectivity index (χ1v) is 26.5. The van der Waals surface area contributed by atoms with Crippen molar-refractivity contribution in [1.29, 1.82) is 0 Å². The van der Waals surface area contributed by atoms with Crippen molar-refractivity contribution in [2.45, 2.75) is 143 Å². The van der Waals surface area contributed by atoms with Gasteiger partial charge in [0.25, 0.3) is 0 Å². The van der Waals surface area contributed by atoms with Crippen LogP contribution in [-0.4, -0.2) is 7.05 Å². The highest BCUT2D eigenvalue weighted by atomic mass is 15.1. The molecule has 0 unspecified atom stereocenters. The average molecular weight is 894 g/mol. The predicted octanol–water partition coefficient (Wildman–Crippen LogP) is 19.8. The zero-order valence-corrected chi connectivity index (χ0v) is 42.2. The molecule has 1 nitrogen and oxygen atoms in total. The molecule has 0 N–H and O–H groups in total. The van der Waals surface area contributed by atoms with Crippen LogP contribution in [0.4, 0.5) is 11.4 Å². The van der Waals surface area contributed by atoms with Crippen molar-refractivity contribution in [3.8, 4) is 33.4 Å². The van der Waals surface area contributed by atoms with E-state index in [9.17, 15) is 0 Å². The van der Waals surface area contributed by atoms with Gasteiger partial charge in [-0.25, -0.2) is 0 Å². The van der Waals surface area contributed by atoms with E-state index in [0.29, 0.717) is 0 Å². The molecule has 0 heterocycles. The van der Waals surface area contributed by atoms with E-state index in [0.717, 1.165) is 12.8 Å². The van der Waals surface area contributed by atoms with Crippen LogP contribution in [0.3, 0.4) is 0 Å². The van der Waals surface area contributed by atoms with Crippen molar-refractivity contribution in [2.75, 3.05) is 11.9 Å². The lowest BCUT2D eigenvalue weighted by atomic mass is 9.70. The molecule has 348 valence electrons. The Morgan fingerprint density at radius 3 is 1.68 bits per heavy atom. The van der Waals surface area contributed by atoms with Crippen LogP contribution in [0.25, 0.3) is 55.3 Å². The molecule has 7 aromatic rings. The second-order valence-electron chi connectivity index (χ2n) is 20.4. The number of allylic oxidation sites excluding steroid dienone is 4. The summed E-state index contributed by atoms with van der Waals surface area (Å²) in [5.74, 6) is 0. The normalized spacial score (nSPS) is 13.9. The van der Waals surface area contributed by atoms with Crippen molar-refractivity contribution < 1.29 is 0 Å². The molecule has 0 aliphatic heterocycles. The predicted molar refractivity (Wildman–Crippen MR) is 297 cm³/mol. The monoisotopic (exact) mass is 894 g/mol. The highest BCUT2D eigenvalue weighted by Gasteiger charge is 2.42. The Hall–Kier alpha value is -5.92. The summed E-state index contributed by atoms with van der Waals surface area (Å²) in [6, 6.07) is 52.4. The van der Waals surface area contributed by atoms with Crippen molar-refractivity contribution in [2.24, 2.45) is 0 Å². The van der Waals surface area contributed by atoms with Gasteiger partial charge in [-0.1, -0.05) is 223 Å². The van der Waals surface area contributed by atoms with Crippen molar-refractivity contribution >= 4 is 33.3 Å². The number of unbranched alkanes of at least 4 members (excludes halogenated alkanes) is 10. The van der Waals surface area contributed by atoms with Gasteiger partial charge in [0.05, 0.1) is 0 Å². The number of fused-ring (bicyclic) bond motifs is 3. The zero-order valence-electron chi connectivity index (χ0n) is 42.2. The third-order valence-corrected chi connectivity index (χ3v) is 15.7. The van der Waals surface area contributed by atoms with E-state index in [1.807, 2.05) is 6.07 Å². The van der Waals surface area contributed by atoms with Gasteiger partial charge < -0.3 is 4.90 Å². The van der Waals surface area contributed by atoms with E-state index in [4.69, 9.17) is 0 Å². The minimum atomic E-state index is 0.111. The van der Waals surface area contributed by atoms with Crippen LogP contribution in [0.1, 0.15) is 156 Å². The van der Waals surface area contributed by atoms with Gasteiger partial charge in [-0.3, -0.25) is 0 Å². The molecule has 0 amide bonds. The summed E-state index contributed by atoms with van der Waals surface area (Å²) in [5, 5.41) is 2.94. The van der Waals surface area contributed by atoms with E-state index < -0.39 is 0 Å². The average Bonchev–Trinajstić information content (AvgIpc) is 3.63. The van der Waals surface area contributed by atoms with Crippen LogP contribution in [0.2, 0.25) is 0 Å². The van der Waals surface area contributed by atoms with Crippen LogP contribution in [-0.2, 0) is 11.8 Å². The standard InChI is InChI=1S/C47H56.C20H19N/c1-5-7-9-11-13-15-29-47(30-16-14-12-10-8-6-2)43-31-33(3)17-24-40(43)41-26-23-37(32-44(41)47)39-25-22-36-21-20-35-19-18-34(4)38-27-28-42(39)46(36)45(35)38;1-16-8-10-17(11-9-16)18-12-14-20(15-13-18)21(2)19-6-4-3-5-7-19/h17-18,20,22-28,31-32H,5-16,19,21,29-30H2,1-4H3;3-15H,1-2H3. The number of hydrogen-bond donors (Lipinski definition) is 0. The molecular weight excluding hydrogens is 819 g/mol. The van der Waals surface area contributed by atoms with Crippen LogP contribution < -0.4 is 4.90 Å². The largest absolute Gasteiger partial charge is 0.345 e. The molecule has 68 heavy (non-hydrogen) atoms. The summed E-state index contributed by atoms with van der Waals surface area (Å²) in [7, 11) is 2.09. The third-order valence-electron chi connectivity index (χ3n) is 15.7. The number of anilines is 2. The summed E-state index contributed by atoms with van der Waals surface area (Å²) in [6.07, 6.45) is 25.8. The van der Waals surface area contributed by atoms with Crippen LogP contribution in [0, 0.1) is 13.8 Å². The third kappa shape index (κ3) is 9.83. The molecule has 0 bridgehead atoms. The highest BCUT2D eigenvalue weighted by Crippen LogP contribution is 2.56. The molecule has 0 atom stereocenters. The van der Waals surface area contributed by atoms with E-state index >= 15 is 0 Å². The first kappa shape index (κ1) is 47.2. The molecule has 10 rings (SSSR count). The lowest BCUT2D eigenvalue weighted by molar-refractivity contribution is 0.398. The second-order valence-corrected chi connectivity index (χ2v) is 20.4.